The first-order valence-electron chi connectivity index (χ1n) is 6.19. The molecular formula is C14H11ClFN3O3. The second-order valence-corrected chi connectivity index (χ2v) is 4.77. The molecule has 0 spiro atoms. The number of amides is 2. The Kier molecular flexibility index (Phi) is 4.90. The van der Waals surface area contributed by atoms with Crippen molar-refractivity contribution in [1.82, 2.24) is 5.32 Å². The van der Waals surface area contributed by atoms with E-state index in [-0.39, 0.29) is 22.9 Å². The first-order chi connectivity index (χ1) is 10.5. The van der Waals surface area contributed by atoms with Crippen LogP contribution >= 0.6 is 11.6 Å². The number of hydrogen-bond donors (Lipinski definition) is 2. The van der Waals surface area contributed by atoms with Gasteiger partial charge in [0.05, 0.1) is 4.92 Å². The van der Waals surface area contributed by atoms with Crippen LogP contribution in [0.15, 0.2) is 42.5 Å². The Morgan fingerprint density at radius 1 is 1.27 bits per heavy atom. The van der Waals surface area contributed by atoms with Gasteiger partial charge in [0.15, 0.2) is 0 Å². The lowest BCUT2D eigenvalue weighted by Gasteiger charge is -2.08. The number of nitrogens with one attached hydrogen (secondary N) is 2. The summed E-state index contributed by atoms with van der Waals surface area (Å²) in [6.07, 6.45) is 0. The highest BCUT2D eigenvalue weighted by atomic mass is 35.5. The molecule has 0 aliphatic rings. The van der Waals surface area contributed by atoms with Crippen molar-refractivity contribution in [3.8, 4) is 0 Å². The third-order valence-corrected chi connectivity index (χ3v) is 3.06. The molecule has 2 aromatic carbocycles. The summed E-state index contributed by atoms with van der Waals surface area (Å²) in [5.41, 5.74) is 0.523. The van der Waals surface area contributed by atoms with Gasteiger partial charge in [-0.3, -0.25) is 10.1 Å². The molecule has 0 bridgehead atoms. The van der Waals surface area contributed by atoms with Crippen LogP contribution in [0, 0.1) is 15.9 Å². The molecule has 0 aliphatic carbocycles. The highest BCUT2D eigenvalue weighted by Crippen LogP contribution is 2.27. The smallest absolute Gasteiger partial charge is 0.319 e. The molecule has 0 aliphatic heterocycles. The third kappa shape index (κ3) is 4.16. The largest absolute Gasteiger partial charge is 0.334 e. The Balaban J connectivity index is 1.97. The van der Waals surface area contributed by atoms with Crippen molar-refractivity contribution >= 4 is 29.0 Å². The van der Waals surface area contributed by atoms with Crippen molar-refractivity contribution in [1.29, 1.82) is 0 Å². The maximum Gasteiger partial charge on any atom is 0.319 e. The minimum absolute atomic E-state index is 0.0179. The predicted octanol–water partition coefficient (Wildman–Crippen LogP) is 3.71. The summed E-state index contributed by atoms with van der Waals surface area (Å²) in [6, 6.07) is 9.15. The summed E-state index contributed by atoms with van der Waals surface area (Å²) in [7, 11) is 0. The van der Waals surface area contributed by atoms with E-state index >= 15 is 0 Å². The monoisotopic (exact) mass is 323 g/mol. The maximum absolute atomic E-state index is 13.0. The van der Waals surface area contributed by atoms with Crippen LogP contribution in [0.4, 0.5) is 20.6 Å². The number of hydrogen-bond acceptors (Lipinski definition) is 3. The van der Waals surface area contributed by atoms with Gasteiger partial charge in [0.1, 0.15) is 10.8 Å². The van der Waals surface area contributed by atoms with E-state index in [1.54, 1.807) is 6.07 Å². The van der Waals surface area contributed by atoms with E-state index in [2.05, 4.69) is 10.6 Å². The summed E-state index contributed by atoms with van der Waals surface area (Å²) >= 11 is 5.68. The van der Waals surface area contributed by atoms with Gasteiger partial charge in [-0.2, -0.15) is 0 Å². The van der Waals surface area contributed by atoms with Gasteiger partial charge in [-0.15, -0.1) is 0 Å². The quantitative estimate of drug-likeness (QED) is 0.664. The topological polar surface area (TPSA) is 84.3 Å². The van der Waals surface area contributed by atoms with Gasteiger partial charge < -0.3 is 10.6 Å². The summed E-state index contributed by atoms with van der Waals surface area (Å²) in [5.74, 6) is -0.395. The van der Waals surface area contributed by atoms with Gasteiger partial charge in [0, 0.05) is 18.3 Å². The Labute approximate surface area is 130 Å². The Bertz CT molecular complexity index is 724. The van der Waals surface area contributed by atoms with E-state index in [1.807, 2.05) is 0 Å². The van der Waals surface area contributed by atoms with Crippen molar-refractivity contribution in [2.45, 2.75) is 6.54 Å². The normalized spacial score (nSPS) is 10.1. The minimum atomic E-state index is -0.641. The molecule has 0 atom stereocenters. The molecule has 6 nitrogen and oxygen atoms in total. The van der Waals surface area contributed by atoms with Gasteiger partial charge in [-0.25, -0.2) is 9.18 Å². The van der Waals surface area contributed by atoms with Gasteiger partial charge in [0.25, 0.3) is 5.69 Å². The van der Waals surface area contributed by atoms with Crippen LogP contribution in [0.3, 0.4) is 0 Å². The fraction of sp³-hybridized carbons (Fsp3) is 0.0714. The number of anilines is 1. The summed E-state index contributed by atoms with van der Waals surface area (Å²) in [6.45, 7) is 0.124. The first-order valence-corrected chi connectivity index (χ1v) is 6.57. The lowest BCUT2D eigenvalue weighted by molar-refractivity contribution is -0.384. The third-order valence-electron chi connectivity index (χ3n) is 2.74. The van der Waals surface area contributed by atoms with Crippen molar-refractivity contribution in [3.05, 3.63) is 69.0 Å². The zero-order valence-corrected chi connectivity index (χ0v) is 11.9. The van der Waals surface area contributed by atoms with E-state index in [0.717, 1.165) is 6.07 Å². The number of rotatable bonds is 4. The van der Waals surface area contributed by atoms with Crippen molar-refractivity contribution in [2.24, 2.45) is 0 Å². The average molecular weight is 324 g/mol. The molecule has 2 amide bonds. The predicted molar refractivity (Wildman–Crippen MR) is 80.4 cm³/mol. The molecule has 114 valence electrons. The van der Waals surface area contributed by atoms with Crippen LogP contribution in [0.5, 0.6) is 0 Å². The minimum Gasteiger partial charge on any atom is -0.334 e. The van der Waals surface area contributed by atoms with Gasteiger partial charge in [-0.05, 0) is 29.8 Å². The molecule has 0 radical (unpaired) electrons. The van der Waals surface area contributed by atoms with Gasteiger partial charge in [0.2, 0.25) is 0 Å². The fourth-order valence-corrected chi connectivity index (χ4v) is 1.92. The van der Waals surface area contributed by atoms with Crippen LogP contribution in [0.25, 0.3) is 0 Å². The molecule has 2 rings (SSSR count). The van der Waals surface area contributed by atoms with Crippen LogP contribution in [0.2, 0.25) is 5.02 Å². The second kappa shape index (κ2) is 6.86. The Morgan fingerprint density at radius 3 is 2.73 bits per heavy atom. The lowest BCUT2D eigenvalue weighted by Crippen LogP contribution is -2.28. The highest BCUT2D eigenvalue weighted by Gasteiger charge is 2.13. The number of carbonyl (C=O) groups excluding carboxylic acids is 1. The zero-order valence-electron chi connectivity index (χ0n) is 11.2. The van der Waals surface area contributed by atoms with Crippen molar-refractivity contribution < 1.29 is 14.1 Å². The second-order valence-electron chi connectivity index (χ2n) is 4.36. The van der Waals surface area contributed by atoms with E-state index < -0.39 is 16.8 Å². The van der Waals surface area contributed by atoms with Crippen molar-refractivity contribution in [2.75, 3.05) is 5.32 Å². The molecule has 0 fully saturated rings. The number of nitrogens with zero attached hydrogens (tertiary/aromatic N) is 1. The Morgan fingerprint density at radius 2 is 2.05 bits per heavy atom. The zero-order chi connectivity index (χ0) is 16.1. The van der Waals surface area contributed by atoms with Crippen LogP contribution in [-0.4, -0.2) is 11.0 Å². The van der Waals surface area contributed by atoms with Crippen LogP contribution in [0.1, 0.15) is 5.56 Å². The standard InChI is InChI=1S/C14H11ClFN3O3/c15-12-5-4-11(7-13(12)19(21)22)18-14(20)17-8-9-2-1-3-10(16)6-9/h1-7H,8H2,(H2,17,18,20). The summed E-state index contributed by atoms with van der Waals surface area (Å²) < 4.78 is 13.0. The lowest BCUT2D eigenvalue weighted by atomic mass is 10.2. The number of benzene rings is 2. The molecule has 8 heteroatoms. The van der Waals surface area contributed by atoms with E-state index in [4.69, 9.17) is 11.6 Å². The SMILES string of the molecule is O=C(NCc1cccc(F)c1)Nc1ccc(Cl)c([N+](=O)[O-])c1. The average Bonchev–Trinajstić information content (AvgIpc) is 2.47. The van der Waals surface area contributed by atoms with Gasteiger partial charge >= 0.3 is 6.03 Å². The molecular weight excluding hydrogens is 313 g/mol. The first kappa shape index (κ1) is 15.7. The molecule has 0 unspecified atom stereocenters. The molecule has 2 N–H and O–H groups in total. The molecule has 2 aromatic rings. The highest BCUT2D eigenvalue weighted by molar-refractivity contribution is 6.32. The van der Waals surface area contributed by atoms with E-state index in [9.17, 15) is 19.3 Å². The number of carbonyl (C=O) groups is 1. The number of halogens is 2. The summed E-state index contributed by atoms with van der Waals surface area (Å²) in [5, 5.41) is 15.7. The fourth-order valence-electron chi connectivity index (χ4n) is 1.73. The maximum atomic E-state index is 13.0. The Hall–Kier alpha value is -2.67. The number of nitro benzene ring substituents is 1. The van der Waals surface area contributed by atoms with Crippen LogP contribution in [-0.2, 0) is 6.54 Å². The summed E-state index contributed by atoms with van der Waals surface area (Å²) in [4.78, 5) is 21.8. The van der Waals surface area contributed by atoms with E-state index in [1.165, 1.54) is 30.3 Å². The molecule has 0 aromatic heterocycles. The molecule has 22 heavy (non-hydrogen) atoms. The van der Waals surface area contributed by atoms with Gasteiger partial charge in [-0.1, -0.05) is 23.7 Å². The molecule has 0 saturated heterocycles. The molecule has 0 heterocycles. The number of urea groups is 1. The van der Waals surface area contributed by atoms with Crippen molar-refractivity contribution in [3.63, 3.8) is 0 Å². The van der Waals surface area contributed by atoms with E-state index in [0.29, 0.717) is 5.56 Å². The number of nitro groups is 1. The molecule has 0 saturated carbocycles. The van der Waals surface area contributed by atoms with Crippen LogP contribution < -0.4 is 10.6 Å².